The molecule has 13 heavy (non-hydrogen) atoms. The Hall–Kier alpha value is -1.08. The van der Waals surface area contributed by atoms with Crippen LogP contribution in [0.1, 0.15) is 16.8 Å². The summed E-state index contributed by atoms with van der Waals surface area (Å²) in [5.74, 6) is 0.390. The molecule has 3 nitrogen and oxygen atoms in total. The summed E-state index contributed by atoms with van der Waals surface area (Å²) in [6, 6.07) is 2.07. The first-order valence-electron chi connectivity index (χ1n) is 3.72. The summed E-state index contributed by atoms with van der Waals surface area (Å²) in [7, 11) is 1.51. The van der Waals surface area contributed by atoms with E-state index in [0.717, 1.165) is 15.7 Å². The summed E-state index contributed by atoms with van der Waals surface area (Å²) in [6.45, 7) is 3.72. The van der Waals surface area contributed by atoms with Crippen LogP contribution in [0.4, 0.5) is 0 Å². The average Bonchev–Trinajstić information content (AvgIpc) is 2.13. The zero-order valence-corrected chi connectivity index (χ0v) is 9.27. The Labute approximate surface area is 85.5 Å². The van der Waals surface area contributed by atoms with Crippen LogP contribution in [-0.2, 0) is 0 Å². The first kappa shape index (κ1) is 10.0. The number of nitriles is 1. The van der Waals surface area contributed by atoms with Gasteiger partial charge < -0.3 is 4.74 Å². The number of pyridine rings is 1. The third kappa shape index (κ3) is 1.65. The number of aromatic nitrogens is 1. The van der Waals surface area contributed by atoms with E-state index in [1.165, 1.54) is 7.11 Å². The zero-order valence-electron chi connectivity index (χ0n) is 7.68. The Morgan fingerprint density at radius 2 is 2.08 bits per heavy atom. The summed E-state index contributed by atoms with van der Waals surface area (Å²) in [5.41, 5.74) is 2.18. The maximum atomic E-state index is 8.85. The van der Waals surface area contributed by atoms with Crippen molar-refractivity contribution in [3.63, 3.8) is 0 Å². The monoisotopic (exact) mass is 240 g/mol. The second kappa shape index (κ2) is 3.75. The van der Waals surface area contributed by atoms with Crippen LogP contribution in [0.25, 0.3) is 0 Å². The van der Waals surface area contributed by atoms with Crippen molar-refractivity contribution < 1.29 is 4.74 Å². The number of ether oxygens (including phenoxy) is 1. The summed E-state index contributed by atoms with van der Waals surface area (Å²) >= 11 is 3.36. The fourth-order valence-electron chi connectivity index (χ4n) is 1.08. The number of methoxy groups -OCH3 is 1. The fourth-order valence-corrected chi connectivity index (χ4v) is 1.37. The Bertz CT molecular complexity index is 382. The molecule has 0 fully saturated rings. The van der Waals surface area contributed by atoms with Gasteiger partial charge in [-0.25, -0.2) is 4.98 Å². The Morgan fingerprint density at radius 3 is 2.54 bits per heavy atom. The van der Waals surface area contributed by atoms with Crippen LogP contribution in [0.2, 0.25) is 0 Å². The molecule has 0 saturated heterocycles. The molecule has 0 unspecified atom stereocenters. The van der Waals surface area contributed by atoms with E-state index in [1.54, 1.807) is 0 Å². The molecule has 0 spiro atoms. The molecule has 0 aliphatic rings. The number of aryl methyl sites for hydroxylation is 1. The molecular weight excluding hydrogens is 232 g/mol. The molecule has 0 aliphatic carbocycles. The number of hydrogen-bond acceptors (Lipinski definition) is 3. The highest BCUT2D eigenvalue weighted by atomic mass is 79.9. The Balaban J connectivity index is 3.50. The first-order valence-corrected chi connectivity index (χ1v) is 4.52. The average molecular weight is 241 g/mol. The second-order valence-corrected chi connectivity index (χ2v) is 3.43. The van der Waals surface area contributed by atoms with Crippen molar-refractivity contribution in [1.29, 1.82) is 5.26 Å². The number of halogens is 1. The highest BCUT2D eigenvalue weighted by Gasteiger charge is 2.12. The normalized spacial score (nSPS) is 9.46. The van der Waals surface area contributed by atoms with Gasteiger partial charge in [0.1, 0.15) is 11.6 Å². The molecule has 0 radical (unpaired) electrons. The van der Waals surface area contributed by atoms with Gasteiger partial charge in [-0.3, -0.25) is 0 Å². The molecule has 0 atom stereocenters. The largest absolute Gasteiger partial charge is 0.480 e. The molecule has 0 N–H and O–H groups in total. The van der Waals surface area contributed by atoms with Gasteiger partial charge >= 0.3 is 0 Å². The quantitative estimate of drug-likeness (QED) is 0.758. The highest BCUT2D eigenvalue weighted by molar-refractivity contribution is 9.10. The standard InChI is InChI=1S/C9H9BrN2O/c1-5-7(4-11)9(13-3)12-6(2)8(5)10/h1-3H3. The van der Waals surface area contributed by atoms with Crippen molar-refractivity contribution in [3.05, 3.63) is 21.3 Å². The van der Waals surface area contributed by atoms with E-state index in [9.17, 15) is 0 Å². The minimum absolute atomic E-state index is 0.390. The van der Waals surface area contributed by atoms with Crippen LogP contribution in [0, 0.1) is 25.2 Å². The topological polar surface area (TPSA) is 45.9 Å². The van der Waals surface area contributed by atoms with Gasteiger partial charge in [-0.2, -0.15) is 5.26 Å². The van der Waals surface area contributed by atoms with Crippen LogP contribution in [0.15, 0.2) is 4.47 Å². The van der Waals surface area contributed by atoms with Crippen molar-refractivity contribution in [2.75, 3.05) is 7.11 Å². The fraction of sp³-hybridized carbons (Fsp3) is 0.333. The minimum Gasteiger partial charge on any atom is -0.480 e. The molecule has 0 saturated carbocycles. The number of nitrogens with zero attached hydrogens (tertiary/aromatic N) is 2. The van der Waals surface area contributed by atoms with Gasteiger partial charge in [0.25, 0.3) is 0 Å². The van der Waals surface area contributed by atoms with E-state index in [2.05, 4.69) is 27.0 Å². The summed E-state index contributed by atoms with van der Waals surface area (Å²) < 4.78 is 5.86. The van der Waals surface area contributed by atoms with Crippen LogP contribution in [0.5, 0.6) is 5.88 Å². The number of rotatable bonds is 1. The van der Waals surface area contributed by atoms with Gasteiger partial charge in [0.05, 0.1) is 12.8 Å². The van der Waals surface area contributed by atoms with Crippen LogP contribution in [-0.4, -0.2) is 12.1 Å². The lowest BCUT2D eigenvalue weighted by molar-refractivity contribution is 0.395. The van der Waals surface area contributed by atoms with E-state index in [0.29, 0.717) is 11.4 Å². The lowest BCUT2D eigenvalue weighted by atomic mass is 10.1. The van der Waals surface area contributed by atoms with Crippen molar-refractivity contribution in [2.45, 2.75) is 13.8 Å². The summed E-state index contributed by atoms with van der Waals surface area (Å²) in [4.78, 5) is 4.13. The maximum Gasteiger partial charge on any atom is 0.231 e. The van der Waals surface area contributed by atoms with Gasteiger partial charge in [-0.1, -0.05) is 0 Å². The first-order chi connectivity index (χ1) is 6.11. The van der Waals surface area contributed by atoms with Crippen LogP contribution >= 0.6 is 15.9 Å². The van der Waals surface area contributed by atoms with E-state index in [-0.39, 0.29) is 0 Å². The van der Waals surface area contributed by atoms with E-state index >= 15 is 0 Å². The third-order valence-corrected chi connectivity index (χ3v) is 2.98. The molecule has 1 aromatic rings. The molecule has 1 aromatic heterocycles. The molecule has 0 bridgehead atoms. The van der Waals surface area contributed by atoms with Crippen LogP contribution in [0.3, 0.4) is 0 Å². The maximum absolute atomic E-state index is 8.85. The lowest BCUT2D eigenvalue weighted by Gasteiger charge is -2.08. The predicted molar refractivity (Wildman–Crippen MR) is 52.7 cm³/mol. The Morgan fingerprint density at radius 1 is 1.46 bits per heavy atom. The van der Waals surface area contributed by atoms with E-state index < -0.39 is 0 Å². The SMILES string of the molecule is COc1nc(C)c(Br)c(C)c1C#N. The van der Waals surface area contributed by atoms with Gasteiger partial charge in [0, 0.05) is 4.47 Å². The summed E-state index contributed by atoms with van der Waals surface area (Å²) in [6.07, 6.45) is 0. The van der Waals surface area contributed by atoms with E-state index in [4.69, 9.17) is 10.00 Å². The lowest BCUT2D eigenvalue weighted by Crippen LogP contribution is -1.98. The zero-order chi connectivity index (χ0) is 10.0. The van der Waals surface area contributed by atoms with Crippen LogP contribution < -0.4 is 4.74 Å². The van der Waals surface area contributed by atoms with Crippen molar-refractivity contribution in [1.82, 2.24) is 4.98 Å². The molecule has 1 heterocycles. The van der Waals surface area contributed by atoms with Crippen molar-refractivity contribution >= 4 is 15.9 Å². The second-order valence-electron chi connectivity index (χ2n) is 2.63. The molecular formula is C9H9BrN2O. The minimum atomic E-state index is 0.390. The molecule has 68 valence electrons. The van der Waals surface area contributed by atoms with Gasteiger partial charge in [-0.15, -0.1) is 0 Å². The molecule has 0 aliphatic heterocycles. The molecule has 0 amide bonds. The van der Waals surface area contributed by atoms with Gasteiger partial charge in [0.2, 0.25) is 5.88 Å². The molecule has 4 heteroatoms. The van der Waals surface area contributed by atoms with Crippen molar-refractivity contribution in [2.24, 2.45) is 0 Å². The summed E-state index contributed by atoms with van der Waals surface area (Å²) in [5, 5.41) is 8.85. The van der Waals surface area contributed by atoms with Gasteiger partial charge in [0.15, 0.2) is 0 Å². The molecule has 1 rings (SSSR count). The Kier molecular flexibility index (Phi) is 2.89. The highest BCUT2D eigenvalue weighted by Crippen LogP contribution is 2.27. The van der Waals surface area contributed by atoms with Crippen molar-refractivity contribution in [3.8, 4) is 11.9 Å². The smallest absolute Gasteiger partial charge is 0.231 e. The third-order valence-electron chi connectivity index (χ3n) is 1.81. The number of hydrogen-bond donors (Lipinski definition) is 0. The predicted octanol–water partition coefficient (Wildman–Crippen LogP) is 2.34. The molecule has 0 aromatic carbocycles. The van der Waals surface area contributed by atoms with E-state index in [1.807, 2.05) is 13.8 Å². The van der Waals surface area contributed by atoms with Gasteiger partial charge in [-0.05, 0) is 35.3 Å².